The molecule has 0 spiro atoms. The maximum Gasteiger partial charge on any atom is 0.198 e. The second kappa shape index (κ2) is 5.78. The van der Waals surface area contributed by atoms with Crippen LogP contribution in [0.2, 0.25) is 0 Å². The van der Waals surface area contributed by atoms with E-state index in [9.17, 15) is 0 Å². The highest BCUT2D eigenvalue weighted by molar-refractivity contribution is 5.30. The molecule has 1 heterocycles. The largest absolute Gasteiger partial charge is 0.446 e. The summed E-state index contributed by atoms with van der Waals surface area (Å²) >= 11 is 0. The van der Waals surface area contributed by atoms with Gasteiger partial charge in [0.15, 0.2) is 5.88 Å². The van der Waals surface area contributed by atoms with Gasteiger partial charge in [-0.05, 0) is 47.1 Å². The molecule has 0 saturated heterocycles. The fraction of sp³-hybridized carbons (Fsp3) is 0.571. The van der Waals surface area contributed by atoms with Crippen LogP contribution in [0.5, 0.6) is 0 Å². The van der Waals surface area contributed by atoms with Crippen molar-refractivity contribution >= 4 is 0 Å². The zero-order valence-corrected chi connectivity index (χ0v) is 11.1. The van der Waals surface area contributed by atoms with Crippen LogP contribution in [0.25, 0.3) is 0 Å². The average Bonchev–Trinajstić information content (AvgIpc) is 2.23. The van der Waals surface area contributed by atoms with E-state index < -0.39 is 0 Å². The number of rotatable bonds is 4. The summed E-state index contributed by atoms with van der Waals surface area (Å²) in [6, 6.07) is 0. The van der Waals surface area contributed by atoms with Crippen molar-refractivity contribution in [2.24, 2.45) is 0 Å². The molecule has 0 aromatic heterocycles. The zero-order chi connectivity index (χ0) is 12.1. The third-order valence-corrected chi connectivity index (χ3v) is 2.66. The SMILES string of the molecule is CCN(CC)C1=C(C=C(C)C)CC=C(C)O1. The minimum Gasteiger partial charge on any atom is -0.446 e. The molecular formula is C14H23NO. The Morgan fingerprint density at radius 1 is 1.38 bits per heavy atom. The normalized spacial score (nSPS) is 15.4. The number of hydrogen-bond donors (Lipinski definition) is 0. The smallest absolute Gasteiger partial charge is 0.198 e. The molecule has 90 valence electrons. The maximum absolute atomic E-state index is 5.87. The molecule has 16 heavy (non-hydrogen) atoms. The fourth-order valence-corrected chi connectivity index (χ4v) is 1.85. The summed E-state index contributed by atoms with van der Waals surface area (Å²) in [7, 11) is 0. The Bertz CT molecular complexity index is 329. The minimum absolute atomic E-state index is 0.975. The van der Waals surface area contributed by atoms with Crippen LogP contribution in [0.3, 0.4) is 0 Å². The number of ether oxygens (including phenoxy) is 1. The average molecular weight is 221 g/mol. The first-order valence-corrected chi connectivity index (χ1v) is 6.06. The molecule has 1 aliphatic heterocycles. The highest BCUT2D eigenvalue weighted by Crippen LogP contribution is 2.25. The van der Waals surface area contributed by atoms with E-state index in [1.165, 1.54) is 11.1 Å². The molecule has 1 rings (SSSR count). The Labute approximate surface area is 99.3 Å². The molecule has 0 amide bonds. The van der Waals surface area contributed by atoms with E-state index in [0.29, 0.717) is 0 Å². The summed E-state index contributed by atoms with van der Waals surface area (Å²) in [6.07, 6.45) is 5.33. The van der Waals surface area contributed by atoms with Crippen molar-refractivity contribution in [1.29, 1.82) is 0 Å². The van der Waals surface area contributed by atoms with Gasteiger partial charge in [0.05, 0.1) is 5.76 Å². The quantitative estimate of drug-likeness (QED) is 0.715. The zero-order valence-electron chi connectivity index (χ0n) is 11.1. The van der Waals surface area contributed by atoms with E-state index in [-0.39, 0.29) is 0 Å². The third kappa shape index (κ3) is 3.16. The summed E-state index contributed by atoms with van der Waals surface area (Å²) in [5, 5.41) is 0. The standard InChI is InChI=1S/C14H23NO/c1-6-15(7-2)14-13(10-11(3)4)9-8-12(5)16-14/h8,10H,6-7,9H2,1-5H3. The van der Waals surface area contributed by atoms with Gasteiger partial charge in [-0.2, -0.15) is 0 Å². The van der Waals surface area contributed by atoms with Crippen LogP contribution >= 0.6 is 0 Å². The van der Waals surface area contributed by atoms with Gasteiger partial charge in [0, 0.05) is 18.7 Å². The van der Waals surface area contributed by atoms with Gasteiger partial charge < -0.3 is 9.64 Å². The van der Waals surface area contributed by atoms with Crippen molar-refractivity contribution in [2.75, 3.05) is 13.1 Å². The minimum atomic E-state index is 0.975. The lowest BCUT2D eigenvalue weighted by molar-refractivity contribution is 0.163. The summed E-state index contributed by atoms with van der Waals surface area (Å²) in [5.74, 6) is 2.04. The highest BCUT2D eigenvalue weighted by Gasteiger charge is 2.16. The van der Waals surface area contributed by atoms with Crippen LogP contribution in [0.1, 0.15) is 41.0 Å². The molecule has 0 saturated carbocycles. The summed E-state index contributed by atoms with van der Waals surface area (Å²) in [5.41, 5.74) is 2.60. The third-order valence-electron chi connectivity index (χ3n) is 2.66. The van der Waals surface area contributed by atoms with Crippen LogP contribution < -0.4 is 0 Å². The van der Waals surface area contributed by atoms with Crippen LogP contribution in [0.15, 0.2) is 34.9 Å². The van der Waals surface area contributed by atoms with Gasteiger partial charge in [-0.3, -0.25) is 0 Å². The number of nitrogens with zero attached hydrogens (tertiary/aromatic N) is 1. The summed E-state index contributed by atoms with van der Waals surface area (Å²) < 4.78 is 5.87. The molecule has 0 N–H and O–H groups in total. The highest BCUT2D eigenvalue weighted by atomic mass is 16.5. The molecule has 0 aliphatic carbocycles. The molecule has 0 fully saturated rings. The second-order valence-corrected chi connectivity index (χ2v) is 4.35. The Balaban J connectivity index is 3.02. The predicted octanol–water partition coefficient (Wildman–Crippen LogP) is 3.83. The summed E-state index contributed by atoms with van der Waals surface area (Å²) in [6.45, 7) is 12.6. The lowest BCUT2D eigenvalue weighted by atomic mass is 10.1. The number of allylic oxidation sites excluding steroid dienone is 5. The van der Waals surface area contributed by atoms with E-state index >= 15 is 0 Å². The van der Waals surface area contributed by atoms with Gasteiger partial charge >= 0.3 is 0 Å². The molecule has 0 radical (unpaired) electrons. The molecular weight excluding hydrogens is 198 g/mol. The first-order valence-electron chi connectivity index (χ1n) is 6.06. The molecule has 0 aromatic rings. The van der Waals surface area contributed by atoms with Gasteiger partial charge in [0.1, 0.15) is 0 Å². The molecule has 2 nitrogen and oxygen atoms in total. The summed E-state index contributed by atoms with van der Waals surface area (Å²) in [4.78, 5) is 2.27. The molecule has 0 aromatic carbocycles. The van der Waals surface area contributed by atoms with E-state index in [0.717, 1.165) is 31.2 Å². The van der Waals surface area contributed by atoms with E-state index in [1.54, 1.807) is 0 Å². The Morgan fingerprint density at radius 3 is 2.50 bits per heavy atom. The van der Waals surface area contributed by atoms with Crippen molar-refractivity contribution in [1.82, 2.24) is 4.90 Å². The Hall–Kier alpha value is -1.18. The van der Waals surface area contributed by atoms with E-state index in [1.807, 2.05) is 6.92 Å². The molecule has 0 unspecified atom stereocenters. The van der Waals surface area contributed by atoms with Gasteiger partial charge in [0.2, 0.25) is 0 Å². The van der Waals surface area contributed by atoms with Crippen LogP contribution in [0, 0.1) is 0 Å². The maximum atomic E-state index is 5.87. The topological polar surface area (TPSA) is 12.5 Å². The lowest BCUT2D eigenvalue weighted by Gasteiger charge is -2.28. The van der Waals surface area contributed by atoms with Crippen molar-refractivity contribution in [2.45, 2.75) is 41.0 Å². The predicted molar refractivity (Wildman–Crippen MR) is 68.8 cm³/mol. The van der Waals surface area contributed by atoms with Crippen molar-refractivity contribution in [3.8, 4) is 0 Å². The van der Waals surface area contributed by atoms with E-state index in [2.05, 4.69) is 44.7 Å². The van der Waals surface area contributed by atoms with Crippen molar-refractivity contribution < 1.29 is 4.74 Å². The first kappa shape index (κ1) is 12.9. The van der Waals surface area contributed by atoms with Crippen molar-refractivity contribution in [3.63, 3.8) is 0 Å². The Kier molecular flexibility index (Phi) is 4.66. The van der Waals surface area contributed by atoms with Gasteiger partial charge in [-0.25, -0.2) is 0 Å². The van der Waals surface area contributed by atoms with Crippen LogP contribution in [0.4, 0.5) is 0 Å². The second-order valence-electron chi connectivity index (χ2n) is 4.35. The van der Waals surface area contributed by atoms with Crippen molar-refractivity contribution in [3.05, 3.63) is 34.9 Å². The lowest BCUT2D eigenvalue weighted by Crippen LogP contribution is -2.26. The fourth-order valence-electron chi connectivity index (χ4n) is 1.85. The van der Waals surface area contributed by atoms with Gasteiger partial charge in [0.25, 0.3) is 0 Å². The van der Waals surface area contributed by atoms with Gasteiger partial charge in [-0.1, -0.05) is 11.6 Å². The van der Waals surface area contributed by atoms with Gasteiger partial charge in [-0.15, -0.1) is 0 Å². The molecule has 1 aliphatic rings. The number of hydrogen-bond acceptors (Lipinski definition) is 2. The first-order chi connectivity index (χ1) is 7.58. The monoisotopic (exact) mass is 221 g/mol. The Morgan fingerprint density at radius 2 is 2.00 bits per heavy atom. The van der Waals surface area contributed by atoms with Crippen LogP contribution in [-0.4, -0.2) is 18.0 Å². The molecule has 0 bridgehead atoms. The van der Waals surface area contributed by atoms with Crippen LogP contribution in [-0.2, 0) is 4.74 Å². The molecule has 0 atom stereocenters. The molecule has 2 heteroatoms. The van der Waals surface area contributed by atoms with E-state index in [4.69, 9.17) is 4.74 Å².